The number of carbonyl (C=O) groups is 3. The second kappa shape index (κ2) is 9.68. The van der Waals surface area contributed by atoms with Crippen LogP contribution in [-0.4, -0.2) is 77.9 Å². The molecule has 0 aliphatic carbocycles. The number of benzene rings is 1. The van der Waals surface area contributed by atoms with Crippen LogP contribution in [0.25, 0.3) is 10.8 Å². The highest BCUT2D eigenvalue weighted by molar-refractivity contribution is 6.10. The van der Waals surface area contributed by atoms with E-state index in [-0.39, 0.29) is 24.3 Å². The molecule has 1 aromatic carbocycles. The maximum Gasteiger partial charge on any atom is 0.328 e. The first-order chi connectivity index (χ1) is 16.5. The zero-order chi connectivity index (χ0) is 23.7. The van der Waals surface area contributed by atoms with Gasteiger partial charge in [0.1, 0.15) is 0 Å². The molecular weight excluding hydrogens is 432 g/mol. The summed E-state index contributed by atoms with van der Waals surface area (Å²) >= 11 is 0. The number of urea groups is 1. The highest BCUT2D eigenvalue weighted by atomic mass is 16.2. The van der Waals surface area contributed by atoms with Crippen molar-refractivity contribution in [3.8, 4) is 0 Å². The minimum Gasteiger partial charge on any atom is -0.342 e. The van der Waals surface area contributed by atoms with E-state index in [0.717, 1.165) is 68.3 Å². The summed E-state index contributed by atoms with van der Waals surface area (Å²) < 4.78 is 0. The minimum atomic E-state index is -0.404. The normalized spacial score (nSPS) is 21.2. The summed E-state index contributed by atoms with van der Waals surface area (Å²) in [5.74, 6) is 0.288. The van der Waals surface area contributed by atoms with E-state index in [1.807, 2.05) is 23.2 Å². The Bertz CT molecular complexity index is 1090. The third-order valence-electron chi connectivity index (χ3n) is 7.44. The van der Waals surface area contributed by atoms with Crippen LogP contribution in [0.3, 0.4) is 0 Å². The van der Waals surface area contributed by atoms with Crippen molar-refractivity contribution in [1.29, 1.82) is 0 Å². The monoisotopic (exact) mass is 464 g/mol. The molecule has 3 fully saturated rings. The van der Waals surface area contributed by atoms with E-state index in [2.05, 4.69) is 21.3 Å². The van der Waals surface area contributed by atoms with Gasteiger partial charge >= 0.3 is 6.03 Å². The van der Waals surface area contributed by atoms with Gasteiger partial charge in [0, 0.05) is 62.2 Å². The number of fused-ring (bicyclic) bond motifs is 1. The molecule has 5 rings (SSSR count). The quantitative estimate of drug-likeness (QED) is 0.714. The number of piperidine rings is 2. The first-order valence-corrected chi connectivity index (χ1v) is 12.2. The number of nitrogens with two attached hydrogens (primary N) is 1. The predicted octanol–water partition coefficient (Wildman–Crippen LogP) is 1.81. The number of rotatable bonds is 4. The van der Waals surface area contributed by atoms with Crippen LogP contribution < -0.4 is 16.0 Å². The molecule has 0 saturated carbocycles. The fourth-order valence-corrected chi connectivity index (χ4v) is 5.41. The summed E-state index contributed by atoms with van der Waals surface area (Å²) in [5.41, 5.74) is 7.91. The Morgan fingerprint density at radius 3 is 2.50 bits per heavy atom. The zero-order valence-corrected chi connectivity index (χ0v) is 19.4. The summed E-state index contributed by atoms with van der Waals surface area (Å²) in [6.07, 6.45) is 7.55. The molecule has 180 valence electrons. The van der Waals surface area contributed by atoms with Crippen molar-refractivity contribution in [3.05, 3.63) is 36.2 Å². The Hall–Kier alpha value is -3.04. The Kier molecular flexibility index (Phi) is 6.47. The van der Waals surface area contributed by atoms with Crippen LogP contribution in [-0.2, 0) is 9.59 Å². The number of nitrogens with one attached hydrogen (secondary N) is 1. The lowest BCUT2D eigenvalue weighted by molar-refractivity contribution is -0.133. The van der Waals surface area contributed by atoms with E-state index >= 15 is 0 Å². The lowest BCUT2D eigenvalue weighted by Gasteiger charge is -2.35. The molecule has 3 N–H and O–H groups in total. The third-order valence-corrected chi connectivity index (χ3v) is 7.44. The molecule has 0 bridgehead atoms. The van der Waals surface area contributed by atoms with E-state index in [4.69, 9.17) is 5.73 Å². The largest absolute Gasteiger partial charge is 0.342 e. The summed E-state index contributed by atoms with van der Waals surface area (Å²) in [6, 6.07) is 6.02. The molecule has 0 unspecified atom stereocenters. The van der Waals surface area contributed by atoms with Crippen molar-refractivity contribution < 1.29 is 14.4 Å². The fraction of sp³-hybridized carbons (Fsp3) is 0.520. The molecule has 3 aliphatic rings. The third kappa shape index (κ3) is 4.63. The van der Waals surface area contributed by atoms with Crippen molar-refractivity contribution in [1.82, 2.24) is 20.1 Å². The van der Waals surface area contributed by atoms with Crippen molar-refractivity contribution in [2.45, 2.75) is 44.1 Å². The van der Waals surface area contributed by atoms with E-state index in [1.54, 1.807) is 11.1 Å². The van der Waals surface area contributed by atoms with Gasteiger partial charge < -0.3 is 10.6 Å². The van der Waals surface area contributed by atoms with Gasteiger partial charge in [-0.15, -0.1) is 0 Å². The van der Waals surface area contributed by atoms with E-state index < -0.39 is 6.03 Å². The number of pyridine rings is 1. The number of aromatic nitrogens is 1. The maximum atomic E-state index is 12.9. The highest BCUT2D eigenvalue weighted by Gasteiger charge is 2.29. The van der Waals surface area contributed by atoms with E-state index in [1.165, 1.54) is 5.56 Å². The van der Waals surface area contributed by atoms with Crippen molar-refractivity contribution >= 4 is 34.3 Å². The molecule has 0 spiro atoms. The molecule has 2 aromatic rings. The molecule has 1 aromatic heterocycles. The van der Waals surface area contributed by atoms with Gasteiger partial charge in [0.25, 0.3) is 0 Å². The smallest absolute Gasteiger partial charge is 0.328 e. The minimum absolute atomic E-state index is 0.210. The molecule has 4 heterocycles. The Balaban J connectivity index is 1.28. The van der Waals surface area contributed by atoms with Crippen molar-refractivity contribution in [2.75, 3.05) is 44.2 Å². The number of anilines is 1. The predicted molar refractivity (Wildman–Crippen MR) is 129 cm³/mol. The van der Waals surface area contributed by atoms with Crippen LogP contribution in [0.5, 0.6) is 0 Å². The second-order valence-corrected chi connectivity index (χ2v) is 9.62. The first kappa shape index (κ1) is 22.7. The van der Waals surface area contributed by atoms with Gasteiger partial charge in [-0.3, -0.25) is 29.7 Å². The molecule has 0 radical (unpaired) electrons. The Morgan fingerprint density at radius 1 is 1.00 bits per heavy atom. The second-order valence-electron chi connectivity index (χ2n) is 9.62. The summed E-state index contributed by atoms with van der Waals surface area (Å²) in [6.45, 7) is 4.13. The van der Waals surface area contributed by atoms with Crippen LogP contribution in [0.15, 0.2) is 30.6 Å². The summed E-state index contributed by atoms with van der Waals surface area (Å²) in [7, 11) is 0. The van der Waals surface area contributed by atoms with Gasteiger partial charge in [-0.1, -0.05) is 18.2 Å². The van der Waals surface area contributed by atoms with Crippen LogP contribution in [0.4, 0.5) is 10.5 Å². The van der Waals surface area contributed by atoms with Gasteiger partial charge in [-0.2, -0.15) is 0 Å². The van der Waals surface area contributed by atoms with Crippen LogP contribution in [0, 0.1) is 0 Å². The van der Waals surface area contributed by atoms with Gasteiger partial charge in [0.2, 0.25) is 11.8 Å². The highest BCUT2D eigenvalue weighted by Crippen LogP contribution is 2.36. The maximum absolute atomic E-state index is 12.9. The molecule has 3 saturated heterocycles. The first-order valence-electron chi connectivity index (χ1n) is 12.2. The van der Waals surface area contributed by atoms with Crippen LogP contribution in [0.2, 0.25) is 0 Å². The zero-order valence-electron chi connectivity index (χ0n) is 19.4. The number of amides is 4. The molecule has 9 nitrogen and oxygen atoms in total. The van der Waals surface area contributed by atoms with Gasteiger partial charge in [-0.25, -0.2) is 4.79 Å². The van der Waals surface area contributed by atoms with Gasteiger partial charge in [0.05, 0.1) is 18.4 Å². The molecule has 34 heavy (non-hydrogen) atoms. The SMILES string of the molecule is NC1CCN(CC(=O)N2CCC(c3cccc4c(N5CCC(=O)NC5=O)cncc34)CC2)CC1. The fourth-order valence-electron chi connectivity index (χ4n) is 5.41. The molecule has 9 heteroatoms. The van der Waals surface area contributed by atoms with E-state index in [0.29, 0.717) is 19.0 Å². The lowest BCUT2D eigenvalue weighted by atomic mass is 9.86. The summed E-state index contributed by atoms with van der Waals surface area (Å²) in [4.78, 5) is 47.1. The number of nitrogens with zero attached hydrogens (tertiary/aromatic N) is 4. The number of carbonyl (C=O) groups excluding carboxylic acids is 3. The number of hydrogen-bond donors (Lipinski definition) is 2. The number of likely N-dealkylation sites (tertiary alicyclic amines) is 2. The van der Waals surface area contributed by atoms with Gasteiger partial charge in [-0.05, 0) is 37.2 Å². The van der Waals surface area contributed by atoms with Gasteiger partial charge in [0.15, 0.2) is 0 Å². The Labute approximate surface area is 199 Å². The van der Waals surface area contributed by atoms with Crippen LogP contribution >= 0.6 is 0 Å². The van der Waals surface area contributed by atoms with E-state index in [9.17, 15) is 14.4 Å². The summed E-state index contributed by atoms with van der Waals surface area (Å²) in [5, 5.41) is 4.37. The number of hydrogen-bond acceptors (Lipinski definition) is 6. The lowest BCUT2D eigenvalue weighted by Crippen LogP contribution is -2.49. The van der Waals surface area contributed by atoms with Crippen LogP contribution in [0.1, 0.15) is 43.6 Å². The number of imide groups is 1. The van der Waals surface area contributed by atoms with Crippen molar-refractivity contribution in [2.24, 2.45) is 5.73 Å². The molecule has 3 aliphatic heterocycles. The topological polar surface area (TPSA) is 112 Å². The molecule has 4 amide bonds. The molecule has 0 atom stereocenters. The van der Waals surface area contributed by atoms with Crippen molar-refractivity contribution in [3.63, 3.8) is 0 Å². The average Bonchev–Trinajstić information content (AvgIpc) is 2.85. The molecular formula is C25H32N6O3. The Morgan fingerprint density at radius 2 is 1.76 bits per heavy atom. The average molecular weight is 465 g/mol. The standard InChI is InChI=1S/C25H32N6O3/c26-18-6-9-29(10-7-18)16-24(33)30-11-4-17(5-12-30)19-2-1-3-20-21(19)14-27-15-22(20)31-13-8-23(32)28-25(31)34/h1-3,14-15,17-18H,4-13,16,26H2,(H,28,32,34).